The monoisotopic (exact) mass is 343 g/mol. The van der Waals surface area contributed by atoms with E-state index in [0.29, 0.717) is 19.6 Å². The lowest BCUT2D eigenvalue weighted by molar-refractivity contribution is -0.139. The van der Waals surface area contributed by atoms with Gasteiger partial charge in [0.15, 0.2) is 0 Å². The number of carbonyl (C=O) groups excluding carboxylic acids is 2. The average molecular weight is 343 g/mol. The number of hydrogen-bond donors (Lipinski definition) is 0. The van der Waals surface area contributed by atoms with E-state index in [2.05, 4.69) is 6.08 Å². The van der Waals surface area contributed by atoms with Gasteiger partial charge in [-0.3, -0.25) is 14.4 Å². The van der Waals surface area contributed by atoms with Gasteiger partial charge in [0, 0.05) is 37.9 Å². The smallest absolute Gasteiger partial charge is 0.250 e. The summed E-state index contributed by atoms with van der Waals surface area (Å²) in [7, 11) is 0. The molecule has 3 saturated heterocycles. The Balaban J connectivity index is 1.74. The first kappa shape index (κ1) is 17.5. The first-order valence-corrected chi connectivity index (χ1v) is 8.83. The Labute approximate surface area is 147 Å². The molecule has 4 heterocycles. The third-order valence-corrected chi connectivity index (χ3v) is 5.05. The molecule has 0 aromatic carbocycles. The zero-order valence-corrected chi connectivity index (χ0v) is 14.9. The largest absolute Gasteiger partial charge is 0.338 e. The second-order valence-corrected chi connectivity index (χ2v) is 7.17. The van der Waals surface area contributed by atoms with E-state index >= 15 is 0 Å². The molecule has 134 valence electrons. The lowest BCUT2D eigenvalue weighted by Gasteiger charge is -2.35. The number of hydrogen-bond acceptors (Lipinski definition) is 3. The lowest BCUT2D eigenvalue weighted by atomic mass is 9.94. The highest BCUT2D eigenvalue weighted by Gasteiger charge is 2.41. The van der Waals surface area contributed by atoms with Gasteiger partial charge >= 0.3 is 0 Å². The fourth-order valence-corrected chi connectivity index (χ4v) is 3.60. The third kappa shape index (κ3) is 3.83. The van der Waals surface area contributed by atoms with Crippen LogP contribution in [0, 0.1) is 5.92 Å². The number of allylic oxidation sites excluding steroid dienone is 1. The van der Waals surface area contributed by atoms with E-state index in [-0.39, 0.29) is 35.9 Å². The van der Waals surface area contributed by atoms with Crippen LogP contribution in [0.5, 0.6) is 0 Å². The van der Waals surface area contributed by atoms with Crippen molar-refractivity contribution in [3.05, 3.63) is 46.4 Å². The van der Waals surface area contributed by atoms with Gasteiger partial charge in [0.1, 0.15) is 6.54 Å². The molecule has 25 heavy (non-hydrogen) atoms. The predicted molar refractivity (Wildman–Crippen MR) is 94.9 cm³/mol. The van der Waals surface area contributed by atoms with Crippen molar-refractivity contribution < 1.29 is 9.59 Å². The number of amides is 2. The minimum Gasteiger partial charge on any atom is -0.338 e. The van der Waals surface area contributed by atoms with Gasteiger partial charge in [-0.1, -0.05) is 17.7 Å². The van der Waals surface area contributed by atoms with Gasteiger partial charge in [-0.25, -0.2) is 0 Å². The molecule has 2 unspecified atom stereocenters. The molecule has 6 nitrogen and oxygen atoms in total. The Morgan fingerprint density at radius 1 is 1.20 bits per heavy atom. The number of pyridine rings is 1. The van der Waals surface area contributed by atoms with Gasteiger partial charge in [-0.2, -0.15) is 0 Å². The number of piperidine rings is 1. The van der Waals surface area contributed by atoms with E-state index in [1.807, 2.05) is 18.7 Å². The zero-order chi connectivity index (χ0) is 18.0. The SMILES string of the molecule is CC(C)=CCN1C(=O)C2CCC1CN(C(=O)Cn1ccccc1=O)C2. The van der Waals surface area contributed by atoms with Crippen LogP contribution in [-0.2, 0) is 16.1 Å². The quantitative estimate of drug-likeness (QED) is 0.774. The summed E-state index contributed by atoms with van der Waals surface area (Å²) in [4.78, 5) is 40.9. The molecule has 0 saturated carbocycles. The van der Waals surface area contributed by atoms with Crippen molar-refractivity contribution in [3.63, 3.8) is 0 Å². The van der Waals surface area contributed by atoms with Crippen molar-refractivity contribution in [1.29, 1.82) is 0 Å². The maximum atomic E-state index is 12.7. The van der Waals surface area contributed by atoms with Crippen LogP contribution < -0.4 is 5.56 Å². The van der Waals surface area contributed by atoms with Gasteiger partial charge in [0.05, 0.1) is 5.92 Å². The van der Waals surface area contributed by atoms with Crippen molar-refractivity contribution in [2.75, 3.05) is 19.6 Å². The normalized spacial score (nSPS) is 22.7. The summed E-state index contributed by atoms with van der Waals surface area (Å²) in [6.07, 6.45) is 5.46. The summed E-state index contributed by atoms with van der Waals surface area (Å²) >= 11 is 0. The van der Waals surface area contributed by atoms with Crippen molar-refractivity contribution in [2.45, 2.75) is 39.3 Å². The summed E-state index contributed by atoms with van der Waals surface area (Å²) in [5.41, 5.74) is 0.999. The molecule has 6 heteroatoms. The second-order valence-electron chi connectivity index (χ2n) is 7.17. The minimum atomic E-state index is -0.185. The first-order valence-electron chi connectivity index (χ1n) is 8.83. The topological polar surface area (TPSA) is 62.6 Å². The molecular weight excluding hydrogens is 318 g/mol. The van der Waals surface area contributed by atoms with Gasteiger partial charge in [-0.15, -0.1) is 0 Å². The molecule has 0 aliphatic carbocycles. The third-order valence-electron chi connectivity index (χ3n) is 5.05. The molecule has 2 amide bonds. The average Bonchev–Trinajstić information content (AvgIpc) is 2.86. The van der Waals surface area contributed by atoms with Crippen molar-refractivity contribution >= 4 is 11.8 Å². The second kappa shape index (κ2) is 7.25. The minimum absolute atomic E-state index is 0.0290. The highest BCUT2D eigenvalue weighted by Crippen LogP contribution is 2.29. The zero-order valence-electron chi connectivity index (χ0n) is 14.9. The molecule has 3 fully saturated rings. The molecule has 0 spiro atoms. The molecular formula is C19H25N3O3. The summed E-state index contributed by atoms with van der Waals surface area (Å²) in [5, 5.41) is 0. The van der Waals surface area contributed by atoms with Crippen LogP contribution in [0.2, 0.25) is 0 Å². The molecule has 3 aliphatic rings. The molecule has 2 atom stereocenters. The first-order chi connectivity index (χ1) is 12.0. The van der Waals surface area contributed by atoms with Gasteiger partial charge in [-0.05, 0) is 32.8 Å². The number of carbonyl (C=O) groups is 2. The number of nitrogens with zero attached hydrogens (tertiary/aromatic N) is 3. The summed E-state index contributed by atoms with van der Waals surface area (Å²) < 4.78 is 1.41. The van der Waals surface area contributed by atoms with E-state index < -0.39 is 0 Å². The van der Waals surface area contributed by atoms with Gasteiger partial charge < -0.3 is 14.4 Å². The Morgan fingerprint density at radius 2 is 2.00 bits per heavy atom. The van der Waals surface area contributed by atoms with Crippen LogP contribution in [0.4, 0.5) is 0 Å². The van der Waals surface area contributed by atoms with Crippen molar-refractivity contribution in [2.24, 2.45) is 5.92 Å². The van der Waals surface area contributed by atoms with Crippen LogP contribution in [0.1, 0.15) is 26.7 Å². The van der Waals surface area contributed by atoms with Gasteiger partial charge in [0.25, 0.3) is 5.56 Å². The number of rotatable bonds is 4. The molecule has 0 radical (unpaired) electrons. The number of fused-ring (bicyclic) bond motifs is 4. The molecule has 1 aromatic rings. The van der Waals surface area contributed by atoms with E-state index in [9.17, 15) is 14.4 Å². The van der Waals surface area contributed by atoms with Crippen LogP contribution in [0.25, 0.3) is 0 Å². The Morgan fingerprint density at radius 3 is 2.72 bits per heavy atom. The summed E-state index contributed by atoms with van der Waals surface area (Å²) in [6, 6.07) is 4.92. The molecule has 4 rings (SSSR count). The van der Waals surface area contributed by atoms with E-state index in [1.54, 1.807) is 23.2 Å². The van der Waals surface area contributed by atoms with E-state index in [4.69, 9.17) is 0 Å². The maximum absolute atomic E-state index is 12.7. The summed E-state index contributed by atoms with van der Waals surface area (Å²) in [6.45, 7) is 5.70. The molecule has 0 N–H and O–H groups in total. The molecule has 2 bridgehead atoms. The molecule has 1 aromatic heterocycles. The number of aromatic nitrogens is 1. The van der Waals surface area contributed by atoms with Crippen LogP contribution in [0.15, 0.2) is 40.8 Å². The van der Waals surface area contributed by atoms with Crippen molar-refractivity contribution in [3.8, 4) is 0 Å². The lowest BCUT2D eigenvalue weighted by Crippen LogP contribution is -2.48. The van der Waals surface area contributed by atoms with Crippen LogP contribution >= 0.6 is 0 Å². The van der Waals surface area contributed by atoms with E-state index in [1.165, 1.54) is 16.2 Å². The van der Waals surface area contributed by atoms with Crippen molar-refractivity contribution in [1.82, 2.24) is 14.4 Å². The Kier molecular flexibility index (Phi) is 5.06. The highest BCUT2D eigenvalue weighted by molar-refractivity contribution is 5.83. The predicted octanol–water partition coefficient (Wildman–Crippen LogP) is 1.26. The maximum Gasteiger partial charge on any atom is 0.250 e. The van der Waals surface area contributed by atoms with Gasteiger partial charge in [0.2, 0.25) is 11.8 Å². The highest BCUT2D eigenvalue weighted by atomic mass is 16.2. The fraction of sp³-hybridized carbons (Fsp3) is 0.526. The Bertz CT molecular complexity index is 748. The van der Waals surface area contributed by atoms with E-state index in [0.717, 1.165) is 12.8 Å². The fourth-order valence-electron chi connectivity index (χ4n) is 3.60. The standard InChI is InChI=1S/C19H25N3O3/c1-14(2)8-10-22-16-7-6-15(19(22)25)11-21(12-16)18(24)13-20-9-4-3-5-17(20)23/h3-5,8-9,15-16H,6-7,10-13H2,1-2H3. The van der Waals surface area contributed by atoms with Crippen LogP contribution in [-0.4, -0.2) is 51.9 Å². The Hall–Kier alpha value is -2.37. The summed E-state index contributed by atoms with van der Waals surface area (Å²) in [5.74, 6) is -0.0660. The van der Waals surface area contributed by atoms with Crippen LogP contribution in [0.3, 0.4) is 0 Å². The molecule has 3 aliphatic heterocycles.